The normalized spacial score (nSPS) is 23.6. The number of halogens is 3. The highest BCUT2D eigenvalue weighted by Gasteiger charge is 2.32. The molecule has 0 radical (unpaired) electrons. The zero-order valence-corrected chi connectivity index (χ0v) is 10.5. The molecular formula is C10H17F3N2OS. The summed E-state index contributed by atoms with van der Waals surface area (Å²) in [6.07, 6.45) is 1.75. The van der Waals surface area contributed by atoms with E-state index in [4.69, 9.17) is 5.73 Å². The number of nitrogens with two attached hydrogens (primary N) is 1. The molecule has 7 heteroatoms. The zero-order valence-electron chi connectivity index (χ0n) is 9.67. The van der Waals surface area contributed by atoms with Gasteiger partial charge in [0.2, 0.25) is 5.91 Å². The van der Waals surface area contributed by atoms with Gasteiger partial charge in [-0.25, -0.2) is 0 Å². The molecule has 0 aromatic carbocycles. The minimum absolute atomic E-state index is 0.0270. The van der Waals surface area contributed by atoms with E-state index >= 15 is 0 Å². The predicted molar refractivity (Wildman–Crippen MR) is 61.5 cm³/mol. The summed E-state index contributed by atoms with van der Waals surface area (Å²) >= 11 is -0.278. The molecule has 1 aliphatic heterocycles. The first kappa shape index (κ1) is 14.6. The maximum absolute atomic E-state index is 12.0. The highest BCUT2D eigenvalue weighted by atomic mass is 32.2. The minimum atomic E-state index is -4.34. The molecule has 0 bridgehead atoms. The standard InChI is InChI=1S/C10H17F3N2OS/c1-7(14)8-3-2-4-15(5-8)9(16)6-17-10(11,12)13/h7-8H,2-6,14H2,1H3/t7-,8+/m0/s1. The summed E-state index contributed by atoms with van der Waals surface area (Å²) in [5.41, 5.74) is 1.41. The second-order valence-corrected chi connectivity index (χ2v) is 5.38. The summed E-state index contributed by atoms with van der Waals surface area (Å²) in [5, 5.41) is 0. The quantitative estimate of drug-likeness (QED) is 0.851. The topological polar surface area (TPSA) is 46.3 Å². The fraction of sp³-hybridized carbons (Fsp3) is 0.900. The number of nitrogens with zero attached hydrogens (tertiary/aromatic N) is 1. The first-order valence-electron chi connectivity index (χ1n) is 5.53. The Morgan fingerprint density at radius 1 is 1.59 bits per heavy atom. The van der Waals surface area contributed by atoms with Crippen molar-refractivity contribution in [3.05, 3.63) is 0 Å². The molecule has 0 aromatic heterocycles. The summed E-state index contributed by atoms with van der Waals surface area (Å²) in [7, 11) is 0. The van der Waals surface area contributed by atoms with Crippen molar-refractivity contribution in [2.24, 2.45) is 11.7 Å². The molecule has 100 valence electrons. The van der Waals surface area contributed by atoms with Gasteiger partial charge in [0, 0.05) is 19.1 Å². The van der Waals surface area contributed by atoms with Crippen molar-refractivity contribution < 1.29 is 18.0 Å². The van der Waals surface area contributed by atoms with Gasteiger partial charge in [0.05, 0.1) is 5.75 Å². The molecule has 0 spiro atoms. The van der Waals surface area contributed by atoms with Gasteiger partial charge in [-0.1, -0.05) is 0 Å². The van der Waals surface area contributed by atoms with Crippen molar-refractivity contribution in [1.29, 1.82) is 0 Å². The van der Waals surface area contributed by atoms with Gasteiger partial charge in [-0.2, -0.15) is 13.2 Å². The van der Waals surface area contributed by atoms with E-state index in [0.29, 0.717) is 13.1 Å². The summed E-state index contributed by atoms with van der Waals surface area (Å²) in [5.74, 6) is -0.781. The summed E-state index contributed by atoms with van der Waals surface area (Å²) in [4.78, 5) is 13.1. The van der Waals surface area contributed by atoms with E-state index in [2.05, 4.69) is 0 Å². The number of rotatable bonds is 3. The van der Waals surface area contributed by atoms with Crippen LogP contribution in [0.4, 0.5) is 13.2 Å². The number of hydrogen-bond acceptors (Lipinski definition) is 3. The number of thioether (sulfide) groups is 1. The molecule has 1 saturated heterocycles. The lowest BCUT2D eigenvalue weighted by Gasteiger charge is -2.34. The summed E-state index contributed by atoms with van der Waals surface area (Å²) in [6, 6.07) is -0.0270. The third-order valence-electron chi connectivity index (χ3n) is 2.91. The molecule has 1 rings (SSSR count). The molecule has 0 saturated carbocycles. The Morgan fingerprint density at radius 3 is 2.76 bits per heavy atom. The Bertz CT molecular complexity index is 271. The van der Waals surface area contributed by atoms with Crippen LogP contribution in [0.1, 0.15) is 19.8 Å². The van der Waals surface area contributed by atoms with Gasteiger partial charge < -0.3 is 10.6 Å². The summed E-state index contributed by atoms with van der Waals surface area (Å²) in [6.45, 7) is 2.89. The molecule has 2 atom stereocenters. The monoisotopic (exact) mass is 270 g/mol. The first-order valence-corrected chi connectivity index (χ1v) is 6.52. The predicted octanol–water partition coefficient (Wildman–Crippen LogP) is 1.83. The molecule has 1 heterocycles. The van der Waals surface area contributed by atoms with Gasteiger partial charge in [0.15, 0.2) is 0 Å². The molecule has 1 amide bonds. The lowest BCUT2D eigenvalue weighted by molar-refractivity contribution is -0.130. The van der Waals surface area contributed by atoms with Crippen molar-refractivity contribution in [3.8, 4) is 0 Å². The van der Waals surface area contributed by atoms with E-state index in [1.165, 1.54) is 4.90 Å². The SMILES string of the molecule is C[C@H](N)[C@@H]1CCCN(C(=O)CSC(F)(F)F)C1. The average Bonchev–Trinajstić information content (AvgIpc) is 2.25. The van der Waals surface area contributed by atoms with Crippen molar-refractivity contribution in [3.63, 3.8) is 0 Å². The van der Waals surface area contributed by atoms with Crippen LogP contribution < -0.4 is 5.73 Å². The lowest BCUT2D eigenvalue weighted by atomic mass is 9.92. The smallest absolute Gasteiger partial charge is 0.342 e. The van der Waals surface area contributed by atoms with Crippen molar-refractivity contribution >= 4 is 17.7 Å². The molecular weight excluding hydrogens is 253 g/mol. The Kier molecular flexibility index (Phi) is 5.12. The third-order valence-corrected chi connectivity index (χ3v) is 3.63. The second-order valence-electron chi connectivity index (χ2n) is 4.34. The van der Waals surface area contributed by atoms with Crippen LogP contribution in [-0.4, -0.2) is 41.2 Å². The average molecular weight is 270 g/mol. The van der Waals surface area contributed by atoms with Crippen LogP contribution >= 0.6 is 11.8 Å². The lowest BCUT2D eigenvalue weighted by Crippen LogP contribution is -2.45. The van der Waals surface area contributed by atoms with Crippen molar-refractivity contribution in [2.45, 2.75) is 31.3 Å². The number of carbonyl (C=O) groups is 1. The highest BCUT2D eigenvalue weighted by molar-refractivity contribution is 8.00. The van der Waals surface area contributed by atoms with E-state index < -0.39 is 17.2 Å². The fourth-order valence-electron chi connectivity index (χ4n) is 1.90. The van der Waals surface area contributed by atoms with E-state index in [0.717, 1.165) is 12.8 Å². The number of likely N-dealkylation sites (tertiary alicyclic amines) is 1. The van der Waals surface area contributed by atoms with Crippen LogP contribution in [0.3, 0.4) is 0 Å². The molecule has 2 N–H and O–H groups in total. The van der Waals surface area contributed by atoms with E-state index in [9.17, 15) is 18.0 Å². The Morgan fingerprint density at radius 2 is 2.24 bits per heavy atom. The van der Waals surface area contributed by atoms with Crippen LogP contribution in [0, 0.1) is 5.92 Å². The van der Waals surface area contributed by atoms with Crippen LogP contribution in [0.2, 0.25) is 0 Å². The van der Waals surface area contributed by atoms with E-state index in [-0.39, 0.29) is 23.7 Å². The van der Waals surface area contributed by atoms with Crippen LogP contribution in [0.15, 0.2) is 0 Å². The van der Waals surface area contributed by atoms with Crippen molar-refractivity contribution in [2.75, 3.05) is 18.8 Å². The second kappa shape index (κ2) is 5.95. The van der Waals surface area contributed by atoms with Crippen LogP contribution in [0.5, 0.6) is 0 Å². The fourth-order valence-corrected chi connectivity index (χ4v) is 2.37. The molecule has 0 unspecified atom stereocenters. The van der Waals surface area contributed by atoms with Crippen molar-refractivity contribution in [1.82, 2.24) is 4.90 Å². The Labute approximate surface area is 103 Å². The van der Waals surface area contributed by atoms with E-state index in [1.807, 2.05) is 6.92 Å². The number of carbonyl (C=O) groups excluding carboxylic acids is 1. The van der Waals surface area contributed by atoms with E-state index in [1.54, 1.807) is 0 Å². The van der Waals surface area contributed by atoms with Crippen LogP contribution in [-0.2, 0) is 4.79 Å². The van der Waals surface area contributed by atoms with Gasteiger partial charge in [-0.05, 0) is 37.4 Å². The molecule has 0 aromatic rings. The Balaban J connectivity index is 2.41. The third kappa shape index (κ3) is 5.16. The molecule has 3 nitrogen and oxygen atoms in total. The van der Waals surface area contributed by atoms with Gasteiger partial charge in [0.1, 0.15) is 0 Å². The largest absolute Gasteiger partial charge is 0.442 e. The number of piperidine rings is 1. The highest BCUT2D eigenvalue weighted by Crippen LogP contribution is 2.30. The molecule has 1 aliphatic rings. The maximum atomic E-state index is 12.0. The summed E-state index contributed by atoms with van der Waals surface area (Å²) < 4.78 is 35.9. The zero-order chi connectivity index (χ0) is 13.1. The van der Waals surface area contributed by atoms with Gasteiger partial charge in [-0.3, -0.25) is 4.79 Å². The Hall–Kier alpha value is -0.430. The molecule has 0 aliphatic carbocycles. The molecule has 17 heavy (non-hydrogen) atoms. The van der Waals surface area contributed by atoms with Crippen LogP contribution in [0.25, 0.3) is 0 Å². The number of hydrogen-bond donors (Lipinski definition) is 1. The number of amides is 1. The van der Waals surface area contributed by atoms with Gasteiger partial charge >= 0.3 is 5.51 Å². The minimum Gasteiger partial charge on any atom is -0.342 e. The number of alkyl halides is 3. The van der Waals surface area contributed by atoms with Gasteiger partial charge in [-0.15, -0.1) is 0 Å². The first-order chi connectivity index (χ1) is 7.79. The maximum Gasteiger partial charge on any atom is 0.442 e. The van der Waals surface area contributed by atoms with Gasteiger partial charge in [0.25, 0.3) is 0 Å². The molecule has 1 fully saturated rings.